The highest BCUT2D eigenvalue weighted by molar-refractivity contribution is 5.99. The van der Waals surface area contributed by atoms with E-state index in [0.717, 1.165) is 28.7 Å². The minimum absolute atomic E-state index is 0.0283. The van der Waals surface area contributed by atoms with Crippen molar-refractivity contribution in [2.45, 2.75) is 26.2 Å². The van der Waals surface area contributed by atoms with E-state index in [9.17, 15) is 18.0 Å². The first-order chi connectivity index (χ1) is 29.9. The summed E-state index contributed by atoms with van der Waals surface area (Å²) in [6, 6.07) is 35.4. The fourth-order valence-electron chi connectivity index (χ4n) is 5.54. The topological polar surface area (TPSA) is 180 Å². The van der Waals surface area contributed by atoms with E-state index in [1.165, 1.54) is 31.7 Å². The van der Waals surface area contributed by atoms with Crippen molar-refractivity contribution in [1.29, 1.82) is 0 Å². The van der Waals surface area contributed by atoms with Crippen molar-refractivity contribution in [2.75, 3.05) is 41.2 Å². The molecule has 2 aromatic heterocycles. The third-order valence-corrected chi connectivity index (χ3v) is 8.79. The summed E-state index contributed by atoms with van der Waals surface area (Å²) in [7, 11) is 3.26. The molecular formula is C45H42F3N9O5. The number of methoxy groups -OCH3 is 2. The standard InChI is InChI=1S/C27H24F3N5O3.C18H18N4O2/c1-17-3-6-20(13-23(17)27(28,29)30)35-26(36)34-19-7-11-22(12-8-19)38-25-14-24(32-16-33-25)31-15-18-4-9-21(37-2)10-5-18;1-23-15-6-2-13(3-7-15)11-20-17-10-18(22-12-21-17)24-16-8-4-14(19)5-9-16/h3-14,16H,15H2,1-2H3,(H,31,32,33)(H2,34,35,36);2-10,12H,11,19H2,1H3,(H,20,21,22). The molecule has 0 radical (unpaired) electrons. The number of hydrogen-bond donors (Lipinski definition) is 5. The molecule has 0 fully saturated rings. The van der Waals surface area contributed by atoms with Gasteiger partial charge in [-0.15, -0.1) is 0 Å². The molecule has 0 aliphatic carbocycles. The first kappa shape index (κ1) is 43.5. The van der Waals surface area contributed by atoms with Crippen LogP contribution in [0.15, 0.2) is 140 Å². The number of urea groups is 1. The first-order valence-corrected chi connectivity index (χ1v) is 18.9. The van der Waals surface area contributed by atoms with Crippen LogP contribution >= 0.6 is 0 Å². The molecule has 0 aliphatic heterocycles. The molecule has 17 heteroatoms. The second-order valence-electron chi connectivity index (χ2n) is 13.3. The Morgan fingerprint density at radius 3 is 1.48 bits per heavy atom. The molecule has 0 unspecified atom stereocenters. The lowest BCUT2D eigenvalue weighted by Crippen LogP contribution is -2.20. The lowest BCUT2D eigenvalue weighted by atomic mass is 10.1. The molecule has 0 bridgehead atoms. The first-order valence-electron chi connectivity index (χ1n) is 18.9. The number of aryl methyl sites for hydroxylation is 1. The van der Waals surface area contributed by atoms with Crippen LogP contribution in [0.2, 0.25) is 0 Å². The van der Waals surface area contributed by atoms with Crippen LogP contribution in [-0.2, 0) is 19.3 Å². The molecule has 0 saturated heterocycles. The van der Waals surface area contributed by atoms with Crippen LogP contribution in [0.25, 0.3) is 0 Å². The quantitative estimate of drug-likeness (QED) is 0.0655. The Morgan fingerprint density at radius 2 is 1.02 bits per heavy atom. The zero-order valence-corrected chi connectivity index (χ0v) is 33.7. The number of ether oxygens (including phenoxy) is 4. The van der Waals surface area contributed by atoms with Gasteiger partial charge in [0.1, 0.15) is 47.3 Å². The number of rotatable bonds is 14. The van der Waals surface area contributed by atoms with E-state index in [1.54, 1.807) is 74.9 Å². The molecule has 0 atom stereocenters. The molecule has 0 aliphatic rings. The minimum atomic E-state index is -4.51. The number of hydrogen-bond acceptors (Lipinski definition) is 12. The number of amides is 2. The second-order valence-corrected chi connectivity index (χ2v) is 13.3. The summed E-state index contributed by atoms with van der Waals surface area (Å²) in [5.74, 6) is 4.78. The number of nitrogens with zero attached hydrogens (tertiary/aromatic N) is 4. The molecule has 7 aromatic rings. The highest BCUT2D eigenvalue weighted by Gasteiger charge is 2.32. The van der Waals surface area contributed by atoms with Gasteiger partial charge in [0.25, 0.3) is 0 Å². The van der Waals surface area contributed by atoms with E-state index >= 15 is 0 Å². The summed E-state index contributed by atoms with van der Waals surface area (Å²) in [5.41, 5.74) is 8.22. The fourth-order valence-corrected chi connectivity index (χ4v) is 5.54. The SMILES string of the molecule is COc1ccc(CNc2cc(Oc3ccc(N)cc3)ncn2)cc1.COc1ccc(CNc2cc(Oc3ccc(NC(=O)Nc4ccc(C)c(C(F)(F)F)c4)cc3)ncn2)cc1. The molecule has 0 spiro atoms. The van der Waals surface area contributed by atoms with E-state index in [2.05, 4.69) is 41.2 Å². The Hall–Kier alpha value is -8.08. The Morgan fingerprint density at radius 1 is 0.581 bits per heavy atom. The van der Waals surface area contributed by atoms with Gasteiger partial charge in [-0.3, -0.25) is 0 Å². The van der Waals surface area contributed by atoms with Crippen molar-refractivity contribution in [2.24, 2.45) is 0 Å². The predicted octanol–water partition coefficient (Wildman–Crippen LogP) is 10.3. The van der Waals surface area contributed by atoms with Crippen molar-refractivity contribution in [3.63, 3.8) is 0 Å². The van der Waals surface area contributed by atoms with Crippen LogP contribution in [-0.4, -0.2) is 40.2 Å². The van der Waals surface area contributed by atoms with Gasteiger partial charge in [-0.05, 0) is 109 Å². The van der Waals surface area contributed by atoms with Crippen LogP contribution in [0.3, 0.4) is 0 Å². The van der Waals surface area contributed by atoms with Crippen LogP contribution < -0.4 is 45.9 Å². The summed E-state index contributed by atoms with van der Waals surface area (Å²) < 4.78 is 61.1. The molecule has 2 amide bonds. The average molecular weight is 846 g/mol. The van der Waals surface area contributed by atoms with E-state index < -0.39 is 17.8 Å². The Kier molecular flexibility index (Phi) is 14.6. The summed E-state index contributed by atoms with van der Waals surface area (Å²) in [6.07, 6.45) is -1.67. The number of nitrogens with two attached hydrogens (primary N) is 1. The second kappa shape index (κ2) is 20.7. The molecule has 6 N–H and O–H groups in total. The lowest BCUT2D eigenvalue weighted by molar-refractivity contribution is -0.138. The van der Waals surface area contributed by atoms with Crippen LogP contribution in [0, 0.1) is 6.92 Å². The molecule has 7 rings (SSSR count). The third-order valence-electron chi connectivity index (χ3n) is 8.79. The molecule has 318 valence electrons. The Bertz CT molecular complexity index is 2530. The number of carbonyl (C=O) groups is 1. The van der Waals surface area contributed by atoms with Gasteiger partial charge in [0, 0.05) is 42.3 Å². The maximum absolute atomic E-state index is 13.1. The molecule has 5 aromatic carbocycles. The van der Waals surface area contributed by atoms with E-state index in [-0.39, 0.29) is 11.3 Å². The number of anilines is 5. The molecule has 62 heavy (non-hydrogen) atoms. The van der Waals surface area contributed by atoms with Gasteiger partial charge >= 0.3 is 12.2 Å². The fraction of sp³-hybridized carbons (Fsp3) is 0.133. The zero-order chi connectivity index (χ0) is 43.9. The Balaban J connectivity index is 0.000000229. The van der Waals surface area contributed by atoms with Crippen molar-refractivity contribution >= 4 is 34.7 Å². The maximum atomic E-state index is 13.1. The molecule has 2 heterocycles. The third kappa shape index (κ3) is 13.2. The van der Waals surface area contributed by atoms with Gasteiger partial charge in [-0.1, -0.05) is 30.3 Å². The van der Waals surface area contributed by atoms with Gasteiger partial charge in [0.05, 0.1) is 19.8 Å². The predicted molar refractivity (Wildman–Crippen MR) is 231 cm³/mol. The average Bonchev–Trinajstić information content (AvgIpc) is 3.27. The minimum Gasteiger partial charge on any atom is -0.497 e. The molecule has 0 saturated carbocycles. The van der Waals surface area contributed by atoms with Gasteiger partial charge in [0.2, 0.25) is 11.8 Å². The van der Waals surface area contributed by atoms with Gasteiger partial charge in [0.15, 0.2) is 0 Å². The monoisotopic (exact) mass is 845 g/mol. The molecule has 14 nitrogen and oxygen atoms in total. The molecular weight excluding hydrogens is 804 g/mol. The van der Waals surface area contributed by atoms with Gasteiger partial charge in [-0.2, -0.15) is 13.2 Å². The smallest absolute Gasteiger partial charge is 0.416 e. The van der Waals surface area contributed by atoms with Gasteiger partial charge in [-0.25, -0.2) is 24.7 Å². The van der Waals surface area contributed by atoms with Crippen molar-refractivity contribution in [3.8, 4) is 34.8 Å². The summed E-state index contributed by atoms with van der Waals surface area (Å²) in [5, 5.41) is 11.4. The number of aromatic nitrogens is 4. The summed E-state index contributed by atoms with van der Waals surface area (Å²) in [6.45, 7) is 2.54. The Labute approximate surface area is 355 Å². The van der Waals surface area contributed by atoms with E-state index in [0.29, 0.717) is 59.4 Å². The van der Waals surface area contributed by atoms with Crippen molar-refractivity contribution in [3.05, 3.63) is 162 Å². The van der Waals surface area contributed by atoms with E-state index in [1.807, 2.05) is 48.5 Å². The van der Waals surface area contributed by atoms with Crippen molar-refractivity contribution < 1.29 is 36.9 Å². The summed E-state index contributed by atoms with van der Waals surface area (Å²) >= 11 is 0. The highest BCUT2D eigenvalue weighted by atomic mass is 19.4. The van der Waals surface area contributed by atoms with Crippen LogP contribution in [0.1, 0.15) is 22.3 Å². The van der Waals surface area contributed by atoms with Crippen LogP contribution in [0.4, 0.5) is 46.7 Å². The number of carbonyl (C=O) groups excluding carboxylic acids is 1. The largest absolute Gasteiger partial charge is 0.497 e. The summed E-state index contributed by atoms with van der Waals surface area (Å²) in [4.78, 5) is 28.9. The van der Waals surface area contributed by atoms with Crippen molar-refractivity contribution in [1.82, 2.24) is 19.9 Å². The number of nitrogen functional groups attached to an aromatic ring is 1. The number of alkyl halides is 3. The van der Waals surface area contributed by atoms with E-state index in [4.69, 9.17) is 24.7 Å². The lowest BCUT2D eigenvalue weighted by Gasteiger charge is -2.13. The maximum Gasteiger partial charge on any atom is 0.416 e. The normalized spacial score (nSPS) is 10.7. The van der Waals surface area contributed by atoms with Crippen LogP contribution in [0.5, 0.6) is 34.8 Å². The number of halogens is 3. The zero-order valence-electron chi connectivity index (χ0n) is 33.7. The number of benzene rings is 5. The van der Waals surface area contributed by atoms with Gasteiger partial charge < -0.3 is 45.9 Å². The highest BCUT2D eigenvalue weighted by Crippen LogP contribution is 2.33. The number of nitrogens with one attached hydrogen (secondary N) is 4.